The van der Waals surface area contributed by atoms with E-state index in [4.69, 9.17) is 17.3 Å². The second kappa shape index (κ2) is 9.87. The molecule has 1 amide bonds. The van der Waals surface area contributed by atoms with Gasteiger partial charge < -0.3 is 21.3 Å². The zero-order valence-electron chi connectivity index (χ0n) is 15.3. The maximum absolute atomic E-state index is 11.2. The number of phenols is 2. The summed E-state index contributed by atoms with van der Waals surface area (Å²) in [5.41, 5.74) is 6.53. The van der Waals surface area contributed by atoms with Crippen LogP contribution in [0.4, 0.5) is 11.4 Å². The molecule has 0 radical (unpaired) electrons. The van der Waals surface area contributed by atoms with Gasteiger partial charge in [0.1, 0.15) is 17.4 Å². The molecule has 0 heterocycles. The number of halogens is 2. The van der Waals surface area contributed by atoms with Crippen LogP contribution in [0.15, 0.2) is 72.8 Å². The van der Waals surface area contributed by atoms with E-state index in [-0.39, 0.29) is 35.7 Å². The van der Waals surface area contributed by atoms with E-state index in [2.05, 4.69) is 5.32 Å². The van der Waals surface area contributed by atoms with Gasteiger partial charge >= 0.3 is 0 Å². The van der Waals surface area contributed by atoms with Crippen molar-refractivity contribution in [2.75, 3.05) is 16.9 Å². The Bertz CT molecular complexity index is 1150. The second-order valence-electron chi connectivity index (χ2n) is 6.08. The number of amides is 1. The van der Waals surface area contributed by atoms with Gasteiger partial charge in [-0.3, -0.25) is 4.79 Å². The first-order chi connectivity index (χ1) is 13.5. The fourth-order valence-electron chi connectivity index (χ4n) is 2.85. The third-order valence-electron chi connectivity index (χ3n) is 4.24. The van der Waals surface area contributed by atoms with Crippen molar-refractivity contribution in [1.29, 1.82) is 0 Å². The van der Waals surface area contributed by atoms with Crippen molar-refractivity contribution < 1.29 is 15.0 Å². The number of benzene rings is 4. The van der Waals surface area contributed by atoms with Crippen molar-refractivity contribution in [1.82, 2.24) is 0 Å². The highest BCUT2D eigenvalue weighted by Gasteiger charge is 2.09. The lowest BCUT2D eigenvalue weighted by Crippen LogP contribution is -2.12. The van der Waals surface area contributed by atoms with E-state index < -0.39 is 0 Å². The Hall–Kier alpha value is -3.15. The highest BCUT2D eigenvalue weighted by Crippen LogP contribution is 2.32. The topological polar surface area (TPSA) is 95.6 Å². The number of anilines is 2. The molecule has 4 aromatic rings. The Morgan fingerprint density at radius 3 is 1.97 bits per heavy atom. The summed E-state index contributed by atoms with van der Waals surface area (Å²) in [5, 5.41) is 25.3. The van der Waals surface area contributed by atoms with Crippen molar-refractivity contribution in [2.24, 2.45) is 0 Å². The lowest BCUT2D eigenvalue weighted by Gasteiger charge is -2.09. The largest absolute Gasteiger partial charge is 0.506 e. The van der Waals surface area contributed by atoms with Crippen LogP contribution in [0.5, 0.6) is 11.5 Å². The van der Waals surface area contributed by atoms with Crippen LogP contribution in [0.2, 0.25) is 0 Å². The van der Waals surface area contributed by atoms with E-state index in [0.29, 0.717) is 11.4 Å². The van der Waals surface area contributed by atoms with Crippen LogP contribution in [0.3, 0.4) is 0 Å². The number of nitrogens with one attached hydrogen (secondary N) is 1. The molecule has 150 valence electrons. The quantitative estimate of drug-likeness (QED) is 0.198. The highest BCUT2D eigenvalue weighted by atomic mass is 35.5. The number of rotatable bonds is 2. The smallest absolute Gasteiger partial charge is 0.239 e. The average Bonchev–Trinajstić information content (AvgIpc) is 2.73. The first kappa shape index (κ1) is 22.1. The standard InChI is InChI=1S/C12H10ClNO2.C10H9NO.ClH/c13-7-11(16)14-12-9-4-2-1-3-8(9)5-6-10(12)15;11-10-8-4-2-1-3-7(8)5-6-9(10)12;/h1-6,15H,7H2,(H,14,16);1-6,12H,11H2;1H. The molecule has 0 aliphatic heterocycles. The summed E-state index contributed by atoms with van der Waals surface area (Å²) in [5.74, 6) is -0.290. The Morgan fingerprint density at radius 1 is 0.828 bits per heavy atom. The van der Waals surface area contributed by atoms with Crippen LogP contribution in [0, 0.1) is 0 Å². The maximum Gasteiger partial charge on any atom is 0.239 e. The molecule has 4 aromatic carbocycles. The molecular formula is C22H20Cl2N2O3. The van der Waals surface area contributed by atoms with Gasteiger partial charge in [0, 0.05) is 10.8 Å². The van der Waals surface area contributed by atoms with Crippen molar-refractivity contribution in [3.63, 3.8) is 0 Å². The van der Waals surface area contributed by atoms with Crippen LogP contribution in [0.1, 0.15) is 0 Å². The summed E-state index contributed by atoms with van der Waals surface area (Å²) >= 11 is 5.41. The average molecular weight is 431 g/mol. The van der Waals surface area contributed by atoms with Crippen LogP contribution in [0.25, 0.3) is 21.5 Å². The van der Waals surface area contributed by atoms with Gasteiger partial charge in [-0.05, 0) is 22.9 Å². The summed E-state index contributed by atoms with van der Waals surface area (Å²) < 4.78 is 0. The third kappa shape index (κ3) is 5.02. The first-order valence-corrected chi connectivity index (χ1v) is 9.07. The fraction of sp³-hybridized carbons (Fsp3) is 0.0455. The number of nitrogens with two attached hydrogens (primary N) is 1. The molecule has 0 aliphatic carbocycles. The molecule has 0 atom stereocenters. The van der Waals surface area contributed by atoms with Gasteiger partial charge in [0.05, 0.1) is 11.4 Å². The second-order valence-corrected chi connectivity index (χ2v) is 6.35. The van der Waals surface area contributed by atoms with Gasteiger partial charge in [0.15, 0.2) is 0 Å². The van der Waals surface area contributed by atoms with Crippen molar-refractivity contribution in [3.05, 3.63) is 72.8 Å². The number of fused-ring (bicyclic) bond motifs is 2. The van der Waals surface area contributed by atoms with Gasteiger partial charge in [0.25, 0.3) is 0 Å². The predicted molar refractivity (Wildman–Crippen MR) is 122 cm³/mol. The molecule has 29 heavy (non-hydrogen) atoms. The molecule has 5 N–H and O–H groups in total. The molecule has 0 saturated heterocycles. The van der Waals surface area contributed by atoms with E-state index in [1.165, 1.54) is 0 Å². The Kier molecular flexibility index (Phi) is 7.53. The van der Waals surface area contributed by atoms with E-state index in [1.54, 1.807) is 18.2 Å². The van der Waals surface area contributed by atoms with Gasteiger partial charge in [-0.15, -0.1) is 24.0 Å². The molecule has 7 heteroatoms. The minimum atomic E-state index is -0.340. The minimum Gasteiger partial charge on any atom is -0.506 e. The first-order valence-electron chi connectivity index (χ1n) is 8.54. The predicted octanol–water partition coefficient (Wildman–Crippen LogP) is 5.27. The van der Waals surface area contributed by atoms with Crippen LogP contribution in [-0.4, -0.2) is 22.0 Å². The molecule has 0 aromatic heterocycles. The molecular weight excluding hydrogens is 411 g/mol. The molecule has 0 unspecified atom stereocenters. The zero-order valence-corrected chi connectivity index (χ0v) is 16.9. The van der Waals surface area contributed by atoms with Crippen molar-refractivity contribution >= 4 is 62.8 Å². The molecule has 0 fully saturated rings. The number of alkyl halides is 1. The van der Waals surface area contributed by atoms with Gasteiger partial charge in [-0.1, -0.05) is 60.7 Å². The van der Waals surface area contributed by atoms with Crippen molar-refractivity contribution in [2.45, 2.75) is 0 Å². The van der Waals surface area contributed by atoms with Crippen molar-refractivity contribution in [3.8, 4) is 11.5 Å². The molecule has 0 spiro atoms. The number of hydrogen-bond acceptors (Lipinski definition) is 4. The number of aromatic hydroxyl groups is 2. The third-order valence-corrected chi connectivity index (χ3v) is 4.48. The molecule has 0 aliphatic rings. The monoisotopic (exact) mass is 430 g/mol. The van der Waals surface area contributed by atoms with Gasteiger partial charge in [0.2, 0.25) is 5.91 Å². The van der Waals surface area contributed by atoms with E-state index >= 15 is 0 Å². The minimum absolute atomic E-state index is 0. The van der Waals surface area contributed by atoms with E-state index in [1.807, 2.05) is 54.6 Å². The number of hydrogen-bond donors (Lipinski definition) is 4. The Balaban J connectivity index is 0.000000207. The summed E-state index contributed by atoms with van der Waals surface area (Å²) in [6.07, 6.45) is 0. The molecule has 0 saturated carbocycles. The van der Waals surface area contributed by atoms with Crippen LogP contribution in [-0.2, 0) is 4.79 Å². The number of phenolic OH excluding ortho intramolecular Hbond substituents is 2. The fourth-order valence-corrected chi connectivity index (χ4v) is 2.92. The molecule has 4 rings (SSSR count). The van der Waals surface area contributed by atoms with Crippen LogP contribution < -0.4 is 11.1 Å². The summed E-state index contributed by atoms with van der Waals surface area (Å²) in [6.45, 7) is 0. The van der Waals surface area contributed by atoms with Gasteiger partial charge in [-0.25, -0.2) is 0 Å². The number of carbonyl (C=O) groups is 1. The molecule has 5 nitrogen and oxygen atoms in total. The number of nitrogen functional groups attached to an aromatic ring is 1. The Morgan fingerprint density at radius 2 is 1.34 bits per heavy atom. The van der Waals surface area contributed by atoms with E-state index in [0.717, 1.165) is 21.5 Å². The molecule has 0 bridgehead atoms. The summed E-state index contributed by atoms with van der Waals surface area (Å²) in [7, 11) is 0. The Labute approximate surface area is 179 Å². The van der Waals surface area contributed by atoms with Crippen LogP contribution >= 0.6 is 24.0 Å². The zero-order chi connectivity index (χ0) is 20.1. The van der Waals surface area contributed by atoms with E-state index in [9.17, 15) is 15.0 Å². The lowest BCUT2D eigenvalue weighted by atomic mass is 10.1. The SMILES string of the molecule is Cl.Nc1c(O)ccc2ccccc12.O=C(CCl)Nc1c(O)ccc2ccccc12. The summed E-state index contributed by atoms with van der Waals surface area (Å²) in [6, 6.07) is 22.0. The maximum atomic E-state index is 11.2. The summed E-state index contributed by atoms with van der Waals surface area (Å²) in [4.78, 5) is 11.2. The number of carbonyl (C=O) groups excluding carboxylic acids is 1. The van der Waals surface area contributed by atoms with Gasteiger partial charge in [-0.2, -0.15) is 0 Å². The highest BCUT2D eigenvalue weighted by molar-refractivity contribution is 6.29. The lowest BCUT2D eigenvalue weighted by molar-refractivity contribution is -0.113. The normalized spacial score (nSPS) is 9.97.